The van der Waals surface area contributed by atoms with Crippen LogP contribution < -0.4 is 4.74 Å². The lowest BCUT2D eigenvalue weighted by Crippen LogP contribution is -2.14. The molecule has 1 nitrogen and oxygen atoms in total. The monoisotopic (exact) mass is 418 g/mol. The summed E-state index contributed by atoms with van der Waals surface area (Å²) in [7, 11) is 0. The Bertz CT molecular complexity index is 798. The zero-order valence-electron chi connectivity index (χ0n) is 19.9. The number of aryl methyl sites for hydroxylation is 1. The van der Waals surface area contributed by atoms with Crippen molar-refractivity contribution in [1.82, 2.24) is 0 Å². The minimum atomic E-state index is 0.665. The third-order valence-corrected chi connectivity index (χ3v) is 7.85. The molecule has 0 saturated heterocycles. The Labute approximate surface area is 190 Å². The van der Waals surface area contributed by atoms with Crippen LogP contribution in [0.5, 0.6) is 5.75 Å². The average Bonchev–Trinajstić information content (AvgIpc) is 2.82. The highest BCUT2D eigenvalue weighted by Crippen LogP contribution is 2.39. The molecule has 0 spiro atoms. The second-order valence-corrected chi connectivity index (χ2v) is 10.1. The predicted octanol–water partition coefficient (Wildman–Crippen LogP) is 8.60. The number of rotatable bonds is 9. The molecule has 0 radical (unpaired) electrons. The van der Waals surface area contributed by atoms with Crippen molar-refractivity contribution < 1.29 is 4.74 Å². The lowest BCUT2D eigenvalue weighted by atomic mass is 9.76. The van der Waals surface area contributed by atoms with E-state index in [4.69, 9.17) is 4.74 Å². The molecule has 2 aliphatic carbocycles. The Balaban J connectivity index is 1.32. The molecule has 0 aromatic heterocycles. The van der Waals surface area contributed by atoms with Gasteiger partial charge < -0.3 is 4.74 Å². The van der Waals surface area contributed by atoms with E-state index in [1.165, 1.54) is 87.3 Å². The number of fused-ring (bicyclic) bond motifs is 1. The molecule has 2 aromatic carbocycles. The summed E-state index contributed by atoms with van der Waals surface area (Å²) in [6.45, 7) is 5.42. The second-order valence-electron chi connectivity index (χ2n) is 10.1. The van der Waals surface area contributed by atoms with Crippen molar-refractivity contribution in [2.24, 2.45) is 5.92 Å². The van der Waals surface area contributed by atoms with E-state index in [1.807, 2.05) is 0 Å². The SMILES string of the molecule is CCCCCOc1ccc2c(c1)CCC(c1ccc(C3CCC(CCC)CC3)cc1)C2. The molecule has 1 fully saturated rings. The van der Waals surface area contributed by atoms with Crippen LogP contribution >= 0.6 is 0 Å². The molecule has 2 aromatic rings. The van der Waals surface area contributed by atoms with E-state index in [0.717, 1.165) is 30.6 Å². The third-order valence-electron chi connectivity index (χ3n) is 7.85. The maximum atomic E-state index is 5.98. The highest BCUT2D eigenvalue weighted by Gasteiger charge is 2.23. The predicted molar refractivity (Wildman–Crippen MR) is 132 cm³/mol. The summed E-state index contributed by atoms with van der Waals surface area (Å²) in [6, 6.07) is 16.6. The van der Waals surface area contributed by atoms with Crippen LogP contribution in [0.2, 0.25) is 0 Å². The fourth-order valence-corrected chi connectivity index (χ4v) is 5.88. The molecule has 2 aliphatic rings. The van der Waals surface area contributed by atoms with Gasteiger partial charge in [-0.1, -0.05) is 69.9 Å². The molecule has 1 saturated carbocycles. The molecule has 0 bridgehead atoms. The summed E-state index contributed by atoms with van der Waals surface area (Å²) in [5.74, 6) is 3.51. The van der Waals surface area contributed by atoms with E-state index in [2.05, 4.69) is 56.3 Å². The van der Waals surface area contributed by atoms with Gasteiger partial charge in [0, 0.05) is 0 Å². The van der Waals surface area contributed by atoms with Gasteiger partial charge in [-0.15, -0.1) is 0 Å². The van der Waals surface area contributed by atoms with Gasteiger partial charge in [-0.2, -0.15) is 0 Å². The number of hydrogen-bond donors (Lipinski definition) is 0. The fraction of sp³-hybridized carbons (Fsp3) is 0.600. The van der Waals surface area contributed by atoms with E-state index in [9.17, 15) is 0 Å². The maximum absolute atomic E-state index is 5.98. The molecule has 0 amide bonds. The van der Waals surface area contributed by atoms with Crippen molar-refractivity contribution in [2.75, 3.05) is 6.61 Å². The average molecular weight is 419 g/mol. The zero-order chi connectivity index (χ0) is 21.5. The van der Waals surface area contributed by atoms with Gasteiger partial charge in [-0.3, -0.25) is 0 Å². The zero-order valence-corrected chi connectivity index (χ0v) is 19.9. The number of hydrogen-bond acceptors (Lipinski definition) is 1. The van der Waals surface area contributed by atoms with Crippen molar-refractivity contribution in [2.45, 2.75) is 103 Å². The van der Waals surface area contributed by atoms with Crippen molar-refractivity contribution >= 4 is 0 Å². The summed E-state index contributed by atoms with van der Waals surface area (Å²) in [4.78, 5) is 0. The first-order chi connectivity index (χ1) is 15.3. The Morgan fingerprint density at radius 2 is 1.48 bits per heavy atom. The molecule has 1 atom stereocenters. The van der Waals surface area contributed by atoms with Gasteiger partial charge in [0.15, 0.2) is 0 Å². The van der Waals surface area contributed by atoms with E-state index in [-0.39, 0.29) is 0 Å². The van der Waals surface area contributed by atoms with Gasteiger partial charge in [0.2, 0.25) is 0 Å². The largest absolute Gasteiger partial charge is 0.494 e. The van der Waals surface area contributed by atoms with Gasteiger partial charge in [0.05, 0.1) is 6.61 Å². The molecule has 1 heteroatoms. The third kappa shape index (κ3) is 5.93. The Morgan fingerprint density at radius 1 is 0.742 bits per heavy atom. The van der Waals surface area contributed by atoms with Crippen LogP contribution in [0.15, 0.2) is 42.5 Å². The van der Waals surface area contributed by atoms with E-state index >= 15 is 0 Å². The minimum absolute atomic E-state index is 0.665. The summed E-state index contributed by atoms with van der Waals surface area (Å²) >= 11 is 0. The van der Waals surface area contributed by atoms with Crippen LogP contribution in [-0.2, 0) is 12.8 Å². The quantitative estimate of drug-likeness (QED) is 0.370. The van der Waals surface area contributed by atoms with E-state index in [1.54, 1.807) is 5.56 Å². The normalized spacial score (nSPS) is 23.4. The van der Waals surface area contributed by atoms with Gasteiger partial charge in [-0.05, 0) is 104 Å². The number of benzene rings is 2. The van der Waals surface area contributed by atoms with Gasteiger partial charge in [0.25, 0.3) is 0 Å². The maximum Gasteiger partial charge on any atom is 0.119 e. The van der Waals surface area contributed by atoms with Crippen molar-refractivity contribution in [3.05, 3.63) is 64.7 Å². The first-order valence-electron chi connectivity index (χ1n) is 13.1. The van der Waals surface area contributed by atoms with Crippen molar-refractivity contribution in [1.29, 1.82) is 0 Å². The van der Waals surface area contributed by atoms with Crippen LogP contribution in [-0.4, -0.2) is 6.61 Å². The Morgan fingerprint density at radius 3 is 2.19 bits per heavy atom. The molecule has 31 heavy (non-hydrogen) atoms. The lowest BCUT2D eigenvalue weighted by molar-refractivity contribution is 0.305. The van der Waals surface area contributed by atoms with Crippen molar-refractivity contribution in [3.63, 3.8) is 0 Å². The van der Waals surface area contributed by atoms with Crippen LogP contribution in [0.1, 0.15) is 112 Å². The van der Waals surface area contributed by atoms with Gasteiger partial charge in [-0.25, -0.2) is 0 Å². The molecule has 1 unspecified atom stereocenters. The molecule has 0 N–H and O–H groups in total. The van der Waals surface area contributed by atoms with Crippen LogP contribution in [0, 0.1) is 5.92 Å². The summed E-state index contributed by atoms with van der Waals surface area (Å²) in [5.41, 5.74) is 6.15. The first kappa shape index (κ1) is 22.4. The van der Waals surface area contributed by atoms with Gasteiger partial charge >= 0.3 is 0 Å². The first-order valence-corrected chi connectivity index (χ1v) is 13.1. The second kappa shape index (κ2) is 11.2. The minimum Gasteiger partial charge on any atom is -0.494 e. The van der Waals surface area contributed by atoms with Gasteiger partial charge in [0.1, 0.15) is 5.75 Å². The van der Waals surface area contributed by atoms with E-state index < -0.39 is 0 Å². The Hall–Kier alpha value is -1.76. The summed E-state index contributed by atoms with van der Waals surface area (Å²) < 4.78 is 5.98. The Kier molecular flexibility index (Phi) is 8.11. The highest BCUT2D eigenvalue weighted by molar-refractivity contribution is 5.40. The summed E-state index contributed by atoms with van der Waals surface area (Å²) in [6.07, 6.45) is 15.7. The highest BCUT2D eigenvalue weighted by atomic mass is 16.5. The van der Waals surface area contributed by atoms with E-state index in [0.29, 0.717) is 5.92 Å². The van der Waals surface area contributed by atoms with Crippen LogP contribution in [0.25, 0.3) is 0 Å². The molecule has 4 rings (SSSR count). The molecule has 168 valence electrons. The molecular formula is C30H42O. The fourth-order valence-electron chi connectivity index (χ4n) is 5.88. The van der Waals surface area contributed by atoms with Crippen LogP contribution in [0.3, 0.4) is 0 Å². The summed E-state index contributed by atoms with van der Waals surface area (Å²) in [5, 5.41) is 0. The molecule has 0 heterocycles. The number of unbranched alkanes of at least 4 members (excludes halogenated alkanes) is 2. The smallest absolute Gasteiger partial charge is 0.119 e. The van der Waals surface area contributed by atoms with Crippen molar-refractivity contribution in [3.8, 4) is 5.75 Å². The van der Waals surface area contributed by atoms with Crippen LogP contribution in [0.4, 0.5) is 0 Å². The topological polar surface area (TPSA) is 9.23 Å². The lowest BCUT2D eigenvalue weighted by Gasteiger charge is -2.29. The molecule has 0 aliphatic heterocycles. The number of ether oxygens (including phenoxy) is 1. The molecular weight excluding hydrogens is 376 g/mol. The standard InChI is InChI=1S/C30H42O/c1-3-5-6-20-31-30-19-18-28-21-27(16-17-29(28)22-30)26-14-12-25(13-15-26)24-10-8-23(7-4-2)9-11-24/h12-15,18-19,22-24,27H,3-11,16-17,20-21H2,1-2H3.